The predicted molar refractivity (Wildman–Crippen MR) is 54.5 cm³/mol. The molecule has 0 atom stereocenters. The Morgan fingerprint density at radius 2 is 1.88 bits per heavy atom. The molecule has 0 bridgehead atoms. The molecule has 16 heavy (non-hydrogen) atoms. The van der Waals surface area contributed by atoms with Gasteiger partial charge in [-0.05, 0) is 21.5 Å². The van der Waals surface area contributed by atoms with Gasteiger partial charge in [-0.3, -0.25) is 4.98 Å². The van der Waals surface area contributed by atoms with Gasteiger partial charge >= 0.3 is 6.18 Å². The van der Waals surface area contributed by atoms with Crippen molar-refractivity contribution in [1.82, 2.24) is 4.98 Å². The molecule has 1 aromatic rings. The van der Waals surface area contributed by atoms with Gasteiger partial charge in [0.1, 0.15) is 5.69 Å². The second-order valence-electron chi connectivity index (χ2n) is 2.78. The number of aromatic nitrogens is 1. The first kappa shape index (κ1) is 13.8. The third-order valence-corrected chi connectivity index (χ3v) is 3.03. The lowest BCUT2D eigenvalue weighted by atomic mass is 10.1. The van der Waals surface area contributed by atoms with Crippen molar-refractivity contribution < 1.29 is 22.0 Å². The summed E-state index contributed by atoms with van der Waals surface area (Å²) in [4.78, 5) is 3.12. The van der Waals surface area contributed by atoms with Gasteiger partial charge < -0.3 is 0 Å². The topological polar surface area (TPSA) is 12.9 Å². The van der Waals surface area contributed by atoms with Gasteiger partial charge in [0, 0.05) is 16.0 Å². The van der Waals surface area contributed by atoms with Crippen LogP contribution in [0.4, 0.5) is 22.0 Å². The van der Waals surface area contributed by atoms with E-state index in [-0.39, 0.29) is 15.4 Å². The van der Waals surface area contributed by atoms with E-state index in [0.717, 1.165) is 6.20 Å². The molecule has 0 saturated carbocycles. The number of pyridine rings is 1. The van der Waals surface area contributed by atoms with Crippen LogP contribution >= 0.6 is 31.9 Å². The molecule has 0 aromatic carbocycles. The Bertz CT molecular complexity index is 391. The minimum absolute atomic E-state index is 0.0427. The maximum Gasteiger partial charge on any atom is 0.418 e. The Balaban J connectivity index is 3.54. The minimum Gasteiger partial charge on any atom is -0.253 e. The fraction of sp³-hybridized carbons (Fsp3) is 0.375. The van der Waals surface area contributed by atoms with Crippen molar-refractivity contribution >= 4 is 31.9 Å². The first-order valence-electron chi connectivity index (χ1n) is 3.87. The van der Waals surface area contributed by atoms with Crippen LogP contribution in [0.15, 0.2) is 10.7 Å². The molecule has 0 aliphatic rings. The average molecular weight is 369 g/mol. The summed E-state index contributed by atoms with van der Waals surface area (Å²) in [6.07, 6.45) is -7.18. The Morgan fingerprint density at radius 3 is 2.25 bits per heavy atom. The second-order valence-corrected chi connectivity index (χ2v) is 4.19. The van der Waals surface area contributed by atoms with Crippen molar-refractivity contribution in [2.75, 3.05) is 0 Å². The van der Waals surface area contributed by atoms with E-state index in [0.29, 0.717) is 0 Å². The summed E-state index contributed by atoms with van der Waals surface area (Å²) >= 11 is 5.68. The smallest absolute Gasteiger partial charge is 0.253 e. The molecule has 0 amide bonds. The molecule has 1 heterocycles. The number of hydrogen-bond donors (Lipinski definition) is 0. The fourth-order valence-corrected chi connectivity index (χ4v) is 2.55. The number of nitrogens with zero attached hydrogens (tertiary/aromatic N) is 1. The number of hydrogen-bond acceptors (Lipinski definition) is 1. The number of halogens is 7. The highest BCUT2D eigenvalue weighted by Gasteiger charge is 2.39. The summed E-state index contributed by atoms with van der Waals surface area (Å²) in [5, 5.41) is -0.190. The summed E-state index contributed by atoms with van der Waals surface area (Å²) < 4.78 is 62.7. The maximum absolute atomic E-state index is 12.6. The van der Waals surface area contributed by atoms with Gasteiger partial charge in [0.05, 0.1) is 5.56 Å². The molecule has 1 nitrogen and oxygen atoms in total. The summed E-state index contributed by atoms with van der Waals surface area (Å²) in [7, 11) is 0. The van der Waals surface area contributed by atoms with Crippen LogP contribution in [0.5, 0.6) is 0 Å². The standard InChI is InChI=1S/C8H4Br2F5N/c9-1-3-4(10)2-16-6(7(11)12)5(3)8(13,14)15/h2,7H,1H2. The third kappa shape index (κ3) is 2.71. The van der Waals surface area contributed by atoms with E-state index in [2.05, 4.69) is 36.8 Å². The Labute approximate surface area is 104 Å². The van der Waals surface area contributed by atoms with Crippen LogP contribution in [0.3, 0.4) is 0 Å². The maximum atomic E-state index is 12.6. The lowest BCUT2D eigenvalue weighted by Crippen LogP contribution is -2.15. The zero-order chi connectivity index (χ0) is 12.5. The van der Waals surface area contributed by atoms with Gasteiger partial charge in [-0.1, -0.05) is 15.9 Å². The van der Waals surface area contributed by atoms with Crippen LogP contribution < -0.4 is 0 Å². The van der Waals surface area contributed by atoms with Gasteiger partial charge in [-0.25, -0.2) is 8.78 Å². The number of alkyl halides is 6. The summed E-state index contributed by atoms with van der Waals surface area (Å²) in [5.41, 5.74) is -2.91. The monoisotopic (exact) mass is 367 g/mol. The third-order valence-electron chi connectivity index (χ3n) is 1.79. The van der Waals surface area contributed by atoms with Crippen LogP contribution in [0.25, 0.3) is 0 Å². The first-order chi connectivity index (χ1) is 7.29. The molecular formula is C8H4Br2F5N. The molecule has 0 saturated heterocycles. The Hall–Kier alpha value is -0.240. The lowest BCUT2D eigenvalue weighted by Gasteiger charge is -2.16. The Kier molecular flexibility index (Phi) is 4.28. The lowest BCUT2D eigenvalue weighted by molar-refractivity contribution is -0.140. The van der Waals surface area contributed by atoms with E-state index >= 15 is 0 Å². The highest BCUT2D eigenvalue weighted by atomic mass is 79.9. The SMILES string of the molecule is FC(F)c1ncc(Br)c(CBr)c1C(F)(F)F. The quantitative estimate of drug-likeness (QED) is 0.545. The normalized spacial score (nSPS) is 12.2. The first-order valence-corrected chi connectivity index (χ1v) is 5.79. The molecule has 90 valence electrons. The van der Waals surface area contributed by atoms with Gasteiger partial charge in [0.15, 0.2) is 0 Å². The molecule has 0 unspecified atom stereocenters. The molecule has 0 aliphatic heterocycles. The molecule has 0 fully saturated rings. The van der Waals surface area contributed by atoms with Gasteiger partial charge in [-0.2, -0.15) is 13.2 Å². The molecule has 0 radical (unpaired) electrons. The molecule has 1 rings (SSSR count). The van der Waals surface area contributed by atoms with Crippen molar-refractivity contribution in [2.45, 2.75) is 17.9 Å². The highest BCUT2D eigenvalue weighted by Crippen LogP contribution is 2.40. The largest absolute Gasteiger partial charge is 0.418 e. The van der Waals surface area contributed by atoms with E-state index in [1.54, 1.807) is 0 Å². The number of rotatable bonds is 2. The van der Waals surface area contributed by atoms with E-state index in [4.69, 9.17) is 0 Å². The van der Waals surface area contributed by atoms with Gasteiger partial charge in [0.25, 0.3) is 6.43 Å². The van der Waals surface area contributed by atoms with E-state index in [9.17, 15) is 22.0 Å². The van der Waals surface area contributed by atoms with Crippen LogP contribution in [0, 0.1) is 0 Å². The van der Waals surface area contributed by atoms with E-state index < -0.39 is 23.9 Å². The van der Waals surface area contributed by atoms with Crippen LogP contribution in [-0.4, -0.2) is 4.98 Å². The summed E-state index contributed by atoms with van der Waals surface area (Å²) in [6.45, 7) is 0. The molecule has 1 aromatic heterocycles. The average Bonchev–Trinajstić information content (AvgIpc) is 2.15. The highest BCUT2D eigenvalue weighted by molar-refractivity contribution is 9.10. The van der Waals surface area contributed by atoms with E-state index in [1.807, 2.05) is 0 Å². The Morgan fingerprint density at radius 1 is 1.31 bits per heavy atom. The van der Waals surface area contributed by atoms with Gasteiger partial charge in [0.2, 0.25) is 0 Å². The van der Waals surface area contributed by atoms with Crippen LogP contribution in [0.1, 0.15) is 23.2 Å². The zero-order valence-corrected chi connectivity index (χ0v) is 10.6. The molecular weight excluding hydrogens is 365 g/mol. The van der Waals surface area contributed by atoms with Gasteiger partial charge in [-0.15, -0.1) is 0 Å². The second kappa shape index (κ2) is 4.95. The molecule has 0 aliphatic carbocycles. The summed E-state index contributed by atoms with van der Waals surface area (Å²) in [6, 6.07) is 0. The van der Waals surface area contributed by atoms with Crippen molar-refractivity contribution in [3.05, 3.63) is 27.5 Å². The van der Waals surface area contributed by atoms with Crippen molar-refractivity contribution in [1.29, 1.82) is 0 Å². The molecule has 8 heteroatoms. The minimum atomic E-state index is -4.86. The van der Waals surface area contributed by atoms with Crippen LogP contribution in [0.2, 0.25) is 0 Å². The predicted octanol–water partition coefficient (Wildman–Crippen LogP) is 4.70. The van der Waals surface area contributed by atoms with Crippen molar-refractivity contribution in [2.24, 2.45) is 0 Å². The van der Waals surface area contributed by atoms with Crippen molar-refractivity contribution in [3.63, 3.8) is 0 Å². The zero-order valence-electron chi connectivity index (χ0n) is 7.45. The van der Waals surface area contributed by atoms with Crippen LogP contribution in [-0.2, 0) is 11.5 Å². The summed E-state index contributed by atoms with van der Waals surface area (Å²) in [5.74, 6) is 0. The molecule has 0 spiro atoms. The fourth-order valence-electron chi connectivity index (χ4n) is 1.16. The van der Waals surface area contributed by atoms with E-state index in [1.165, 1.54) is 0 Å². The molecule has 0 N–H and O–H groups in total. The van der Waals surface area contributed by atoms with Crippen molar-refractivity contribution in [3.8, 4) is 0 Å².